The normalized spacial score (nSPS) is 11.0. The van der Waals surface area contributed by atoms with E-state index in [9.17, 15) is 4.79 Å². The second-order valence-corrected chi connectivity index (χ2v) is 5.04. The van der Waals surface area contributed by atoms with Crippen LogP contribution in [0.15, 0.2) is 59.4 Å². The van der Waals surface area contributed by atoms with Gasteiger partial charge in [-0.15, -0.1) is 10.2 Å². The van der Waals surface area contributed by atoms with Gasteiger partial charge in [0.2, 0.25) is 5.82 Å². The van der Waals surface area contributed by atoms with Crippen LogP contribution in [0.3, 0.4) is 0 Å². The van der Waals surface area contributed by atoms with E-state index in [0.29, 0.717) is 17.0 Å². The van der Waals surface area contributed by atoms with Crippen LogP contribution in [-0.4, -0.2) is 30.2 Å². The standard InChI is InChI=1S/C16H12N6O/c23-16-14(17-12-8-4-5-9-13(12)18-16)10-22-20-15(19-21-22)11-6-2-1-3-7-11/h1-9H,10H2,(H,18,23). The Kier molecular flexibility index (Phi) is 3.16. The maximum atomic E-state index is 12.1. The number of fused-ring (bicyclic) bond motifs is 1. The summed E-state index contributed by atoms with van der Waals surface area (Å²) in [4.78, 5) is 20.7. The minimum Gasteiger partial charge on any atom is -0.319 e. The number of nitrogens with zero attached hydrogens (tertiary/aromatic N) is 5. The molecule has 0 spiro atoms. The third kappa shape index (κ3) is 2.59. The van der Waals surface area contributed by atoms with Crippen LogP contribution in [0.25, 0.3) is 22.4 Å². The fourth-order valence-corrected chi connectivity index (χ4v) is 2.32. The van der Waals surface area contributed by atoms with Gasteiger partial charge in [-0.3, -0.25) is 4.79 Å². The number of aromatic nitrogens is 6. The first-order valence-electron chi connectivity index (χ1n) is 7.11. The van der Waals surface area contributed by atoms with Crippen LogP contribution >= 0.6 is 0 Å². The van der Waals surface area contributed by atoms with Crippen molar-refractivity contribution in [3.63, 3.8) is 0 Å². The van der Waals surface area contributed by atoms with Gasteiger partial charge in [0.05, 0.1) is 11.0 Å². The number of hydrogen-bond acceptors (Lipinski definition) is 5. The molecule has 2 aromatic heterocycles. The lowest BCUT2D eigenvalue weighted by Gasteiger charge is -2.01. The zero-order valence-corrected chi connectivity index (χ0v) is 12.0. The highest BCUT2D eigenvalue weighted by Gasteiger charge is 2.09. The number of rotatable bonds is 3. The summed E-state index contributed by atoms with van der Waals surface area (Å²) in [5, 5.41) is 12.3. The predicted molar refractivity (Wildman–Crippen MR) is 84.7 cm³/mol. The van der Waals surface area contributed by atoms with Gasteiger partial charge in [-0.05, 0) is 17.3 Å². The Hall–Kier alpha value is -3.35. The van der Waals surface area contributed by atoms with Gasteiger partial charge in [-0.25, -0.2) is 4.98 Å². The highest BCUT2D eigenvalue weighted by Crippen LogP contribution is 2.12. The molecule has 0 amide bonds. The third-order valence-electron chi connectivity index (χ3n) is 3.45. The zero-order chi connectivity index (χ0) is 15.6. The van der Waals surface area contributed by atoms with Crippen LogP contribution in [0, 0.1) is 0 Å². The van der Waals surface area contributed by atoms with Crippen molar-refractivity contribution >= 4 is 11.0 Å². The lowest BCUT2D eigenvalue weighted by atomic mass is 10.2. The molecule has 2 aromatic carbocycles. The highest BCUT2D eigenvalue weighted by molar-refractivity contribution is 5.73. The summed E-state index contributed by atoms with van der Waals surface area (Å²) in [6.45, 7) is 0.167. The Morgan fingerprint density at radius 1 is 1.00 bits per heavy atom. The van der Waals surface area contributed by atoms with Crippen LogP contribution in [0.5, 0.6) is 0 Å². The second kappa shape index (κ2) is 5.45. The van der Waals surface area contributed by atoms with Gasteiger partial charge < -0.3 is 4.98 Å². The Balaban J connectivity index is 1.67. The van der Waals surface area contributed by atoms with E-state index in [2.05, 4.69) is 25.4 Å². The molecule has 23 heavy (non-hydrogen) atoms. The first kappa shape index (κ1) is 13.3. The molecular formula is C16H12N6O. The van der Waals surface area contributed by atoms with Crippen LogP contribution in [0.4, 0.5) is 0 Å². The summed E-state index contributed by atoms with van der Waals surface area (Å²) in [6, 6.07) is 16.9. The summed E-state index contributed by atoms with van der Waals surface area (Å²) in [5.74, 6) is 0.516. The lowest BCUT2D eigenvalue weighted by Crippen LogP contribution is -2.19. The number of tetrazole rings is 1. The number of nitrogens with one attached hydrogen (secondary N) is 1. The Labute approximate surface area is 130 Å². The van der Waals surface area contributed by atoms with Crippen molar-refractivity contribution in [1.29, 1.82) is 0 Å². The van der Waals surface area contributed by atoms with E-state index < -0.39 is 0 Å². The summed E-state index contributed by atoms with van der Waals surface area (Å²) < 4.78 is 0. The molecule has 2 heterocycles. The molecule has 0 aliphatic carbocycles. The number of H-pyrrole nitrogens is 1. The smallest absolute Gasteiger partial charge is 0.272 e. The highest BCUT2D eigenvalue weighted by atomic mass is 16.1. The lowest BCUT2D eigenvalue weighted by molar-refractivity contribution is 0.562. The van der Waals surface area contributed by atoms with Crippen LogP contribution in [0.2, 0.25) is 0 Å². The molecule has 112 valence electrons. The molecule has 4 aromatic rings. The number of hydrogen-bond donors (Lipinski definition) is 1. The molecule has 0 saturated heterocycles. The summed E-state index contributed by atoms with van der Waals surface area (Å²) >= 11 is 0. The maximum absolute atomic E-state index is 12.1. The van der Waals surface area contributed by atoms with Crippen molar-refractivity contribution in [2.24, 2.45) is 0 Å². The van der Waals surface area contributed by atoms with E-state index in [4.69, 9.17) is 0 Å². The van der Waals surface area contributed by atoms with Crippen molar-refractivity contribution in [3.05, 3.63) is 70.6 Å². The molecule has 7 nitrogen and oxygen atoms in total. The minimum absolute atomic E-state index is 0.167. The molecule has 0 aliphatic rings. The summed E-state index contributed by atoms with van der Waals surface area (Å²) in [6.07, 6.45) is 0. The van der Waals surface area contributed by atoms with E-state index in [0.717, 1.165) is 11.1 Å². The molecule has 0 saturated carbocycles. The molecule has 4 rings (SSSR count). The molecule has 0 fully saturated rings. The van der Waals surface area contributed by atoms with Gasteiger partial charge in [-0.2, -0.15) is 4.80 Å². The third-order valence-corrected chi connectivity index (χ3v) is 3.45. The van der Waals surface area contributed by atoms with Gasteiger partial charge >= 0.3 is 0 Å². The average molecular weight is 304 g/mol. The molecular weight excluding hydrogens is 292 g/mol. The minimum atomic E-state index is -0.248. The van der Waals surface area contributed by atoms with Crippen molar-refractivity contribution < 1.29 is 0 Å². The monoisotopic (exact) mass is 304 g/mol. The van der Waals surface area contributed by atoms with Gasteiger partial charge in [0.1, 0.15) is 12.2 Å². The Bertz CT molecular complexity index is 1020. The van der Waals surface area contributed by atoms with Crippen LogP contribution in [0.1, 0.15) is 5.69 Å². The summed E-state index contributed by atoms with van der Waals surface area (Å²) in [7, 11) is 0. The molecule has 0 atom stereocenters. The molecule has 0 bridgehead atoms. The fourth-order valence-electron chi connectivity index (χ4n) is 2.32. The van der Waals surface area contributed by atoms with Crippen molar-refractivity contribution in [1.82, 2.24) is 30.2 Å². The molecule has 1 N–H and O–H groups in total. The Morgan fingerprint density at radius 2 is 1.78 bits per heavy atom. The molecule has 0 radical (unpaired) electrons. The topological polar surface area (TPSA) is 89.4 Å². The largest absolute Gasteiger partial charge is 0.319 e. The van der Waals surface area contributed by atoms with Crippen molar-refractivity contribution in [2.45, 2.75) is 6.54 Å². The van der Waals surface area contributed by atoms with Crippen molar-refractivity contribution in [3.8, 4) is 11.4 Å². The Morgan fingerprint density at radius 3 is 2.65 bits per heavy atom. The van der Waals surface area contributed by atoms with Crippen molar-refractivity contribution in [2.75, 3.05) is 0 Å². The number of para-hydroxylation sites is 2. The first-order valence-corrected chi connectivity index (χ1v) is 7.11. The van der Waals surface area contributed by atoms with E-state index in [-0.39, 0.29) is 12.1 Å². The SMILES string of the molecule is O=c1[nH]c2ccccc2nc1Cn1nnc(-c2ccccc2)n1. The van der Waals surface area contributed by atoms with Gasteiger partial charge in [0.25, 0.3) is 5.56 Å². The number of benzene rings is 2. The molecule has 7 heteroatoms. The quantitative estimate of drug-likeness (QED) is 0.621. The van der Waals surface area contributed by atoms with Gasteiger partial charge in [-0.1, -0.05) is 42.5 Å². The summed E-state index contributed by atoms with van der Waals surface area (Å²) in [5.41, 5.74) is 2.41. The van der Waals surface area contributed by atoms with Crippen LogP contribution in [-0.2, 0) is 6.54 Å². The second-order valence-electron chi connectivity index (χ2n) is 5.04. The fraction of sp³-hybridized carbons (Fsp3) is 0.0625. The van der Waals surface area contributed by atoms with E-state index in [1.165, 1.54) is 4.80 Å². The van der Waals surface area contributed by atoms with Gasteiger partial charge in [0.15, 0.2) is 0 Å². The maximum Gasteiger partial charge on any atom is 0.272 e. The van der Waals surface area contributed by atoms with Gasteiger partial charge in [0, 0.05) is 5.56 Å². The molecule has 0 aliphatic heterocycles. The molecule has 0 unspecified atom stereocenters. The van der Waals surface area contributed by atoms with Crippen LogP contribution < -0.4 is 5.56 Å². The van der Waals surface area contributed by atoms with E-state index >= 15 is 0 Å². The van der Waals surface area contributed by atoms with E-state index in [1.807, 2.05) is 54.6 Å². The van der Waals surface area contributed by atoms with E-state index in [1.54, 1.807) is 0 Å². The average Bonchev–Trinajstić information content (AvgIpc) is 3.05. The first-order chi connectivity index (χ1) is 11.3. The predicted octanol–water partition coefficient (Wildman–Crippen LogP) is 1.62. The number of aromatic amines is 1. The zero-order valence-electron chi connectivity index (χ0n) is 12.0.